The maximum Gasteiger partial charge on any atom is 0.329 e. The molecule has 1 aromatic rings. The molecular formula is C50H78N2O13S. The summed E-state index contributed by atoms with van der Waals surface area (Å²) in [4.78, 5) is 40.4. The van der Waals surface area contributed by atoms with Crippen molar-refractivity contribution in [2.45, 2.75) is 211 Å². The monoisotopic (exact) mass is 947 g/mol. The van der Waals surface area contributed by atoms with Crippen LogP contribution in [0.2, 0.25) is 0 Å². The number of carbonyl (C=O) groups excluding carboxylic acids is 2. The lowest BCUT2D eigenvalue weighted by atomic mass is 9.72. The van der Waals surface area contributed by atoms with Gasteiger partial charge in [-0.25, -0.2) is 17.9 Å². The van der Waals surface area contributed by atoms with E-state index in [1.807, 2.05) is 69.2 Å². The van der Waals surface area contributed by atoms with E-state index in [9.17, 15) is 38.1 Å². The molecule has 2 spiro atoms. The molecule has 0 aliphatic carbocycles. The zero-order valence-corrected chi connectivity index (χ0v) is 41.8. The molecule has 6 rings (SSSR count). The van der Waals surface area contributed by atoms with E-state index in [0.29, 0.717) is 51.4 Å². The van der Waals surface area contributed by atoms with Crippen molar-refractivity contribution in [2.24, 2.45) is 41.4 Å². The molecule has 5 N–H and O–H groups in total. The third-order valence-corrected chi connectivity index (χ3v) is 17.7. The van der Waals surface area contributed by atoms with Crippen LogP contribution in [0.25, 0.3) is 0 Å². The number of amides is 2. The number of carbonyl (C=O) groups is 3. The highest BCUT2D eigenvalue weighted by molar-refractivity contribution is 7.90. The average molecular weight is 947 g/mol. The van der Waals surface area contributed by atoms with Crippen molar-refractivity contribution < 1.29 is 61.8 Å². The molecule has 0 aromatic heterocycles. The minimum Gasteiger partial charge on any atom is -0.481 e. The molecule has 5 aliphatic heterocycles. The molecule has 15 nitrogen and oxygen atoms in total. The highest BCUT2D eigenvalue weighted by atomic mass is 32.2. The first kappa shape index (κ1) is 52.4. The fourth-order valence-corrected chi connectivity index (χ4v) is 12.7. The van der Waals surface area contributed by atoms with Crippen molar-refractivity contribution in [3.8, 4) is 0 Å². The quantitative estimate of drug-likeness (QED) is 0.110. The molecule has 5 heterocycles. The van der Waals surface area contributed by atoms with E-state index in [1.54, 1.807) is 31.2 Å². The minimum absolute atomic E-state index is 0.0568. The number of aryl methyl sites for hydroxylation is 1. The van der Waals surface area contributed by atoms with Crippen LogP contribution in [0.4, 0.5) is 4.79 Å². The van der Waals surface area contributed by atoms with Gasteiger partial charge in [0.1, 0.15) is 11.8 Å². The number of nitrogens with one attached hydrogen (secondary N) is 2. The lowest BCUT2D eigenvalue weighted by molar-refractivity contribution is -0.397. The van der Waals surface area contributed by atoms with Gasteiger partial charge < -0.3 is 44.3 Å². The predicted octanol–water partition coefficient (Wildman–Crippen LogP) is 7.19. The summed E-state index contributed by atoms with van der Waals surface area (Å²) in [5.41, 5.74) is -1.06. The van der Waals surface area contributed by atoms with Gasteiger partial charge in [0.2, 0.25) is 0 Å². The Morgan fingerprint density at radius 2 is 1.55 bits per heavy atom. The standard InChI is InChI=1S/C50H78N2O13S/c1-12-36(45(55)56)38-20-17-29(5)43(62-38)33(9)41(53)32(8)42(54)37(13-2)44-30(6)27-31(7)49(63-44)24-21-39(51-46(57)52-66(59,60)35-18-15-28(4)16-19-35)50(65-49)26-25-47(11,64-50)40-22-23-48(58,14-3)34(10)61-40/h15-16,18-19,21,24,29-34,36-41,43-44,53,58H,12-14,17,20,22-23,25-27H2,1-11H3,(H,55,56)(H2,51,52,57)/t29-,30-,31+,32-,33-,34-,36+,37-,38+,39+,40+,41+,43+,44-,47-,48+,49-,50-/m0/s1. The molecule has 0 saturated carbocycles. The number of Topliss-reactive ketones (excluding diaryl/α,β-unsaturated/α-hetero) is 1. The Morgan fingerprint density at radius 3 is 2.15 bits per heavy atom. The lowest BCUT2D eigenvalue weighted by Gasteiger charge is -2.55. The Morgan fingerprint density at radius 1 is 0.879 bits per heavy atom. The van der Waals surface area contributed by atoms with Crippen molar-refractivity contribution in [3.63, 3.8) is 0 Å². The Hall–Kier alpha value is -2.96. The molecule has 4 saturated heterocycles. The van der Waals surface area contributed by atoms with E-state index in [2.05, 4.69) is 10.0 Å². The van der Waals surface area contributed by atoms with Gasteiger partial charge in [-0.2, -0.15) is 0 Å². The van der Waals surface area contributed by atoms with E-state index < -0.39 is 111 Å². The number of sulfonamides is 1. The Labute approximate surface area is 392 Å². The summed E-state index contributed by atoms with van der Waals surface area (Å²) < 4.78 is 63.2. The Balaban J connectivity index is 1.26. The number of carboxylic acids is 1. The maximum atomic E-state index is 14.7. The number of aliphatic carboxylic acids is 1. The highest BCUT2D eigenvalue weighted by Gasteiger charge is 2.63. The van der Waals surface area contributed by atoms with Crippen LogP contribution >= 0.6 is 0 Å². The summed E-state index contributed by atoms with van der Waals surface area (Å²) in [5.74, 6) is -6.92. The SMILES string of the molecule is CC[C@@H](C(=O)[C@@H](C)[C@@H](O)[C@H](C)[C@@H]1O[C@@H]([C@@H](CC)C(=O)O)CC[C@@H]1C)[C@H]1O[C@]2(C=C[C@@H](NC(=O)NS(=O)(=O)c3ccc(C)cc3)[C@]3(CC[C@@](C)([C@H]4CC[C@](O)(CC)[C@H](C)O4)O3)O2)[C@H](C)C[C@@H]1C. The van der Waals surface area contributed by atoms with Crippen LogP contribution in [0.5, 0.6) is 0 Å². The molecule has 18 atom stereocenters. The van der Waals surface area contributed by atoms with Crippen molar-refractivity contribution in [1.29, 1.82) is 0 Å². The van der Waals surface area contributed by atoms with Gasteiger partial charge in [-0.3, -0.25) is 9.59 Å². The first-order valence-electron chi connectivity index (χ1n) is 24.5. The van der Waals surface area contributed by atoms with Crippen LogP contribution < -0.4 is 10.0 Å². The van der Waals surface area contributed by atoms with Crippen LogP contribution in [0.3, 0.4) is 0 Å². The van der Waals surface area contributed by atoms with Crippen LogP contribution in [0.1, 0.15) is 139 Å². The van der Waals surface area contributed by atoms with Crippen LogP contribution in [-0.2, 0) is 43.3 Å². The van der Waals surface area contributed by atoms with Gasteiger partial charge >= 0.3 is 12.0 Å². The summed E-state index contributed by atoms with van der Waals surface area (Å²) in [5, 5.41) is 35.8. The zero-order chi connectivity index (χ0) is 48.7. The highest BCUT2D eigenvalue weighted by Crippen LogP contribution is 2.54. The smallest absolute Gasteiger partial charge is 0.329 e. The Bertz CT molecular complexity index is 2030. The van der Waals surface area contributed by atoms with Gasteiger partial charge in [0, 0.05) is 30.1 Å². The summed E-state index contributed by atoms with van der Waals surface area (Å²) >= 11 is 0. The molecule has 2 amide bonds. The second-order valence-electron chi connectivity index (χ2n) is 20.8. The second-order valence-corrected chi connectivity index (χ2v) is 22.5. The largest absolute Gasteiger partial charge is 0.481 e. The molecular weight excluding hydrogens is 869 g/mol. The average Bonchev–Trinajstić information content (AvgIpc) is 3.61. The summed E-state index contributed by atoms with van der Waals surface area (Å²) in [7, 11) is -4.24. The number of rotatable bonds is 15. The van der Waals surface area contributed by atoms with Crippen molar-refractivity contribution in [1.82, 2.24) is 10.0 Å². The number of urea groups is 1. The number of ketones is 1. The molecule has 0 bridgehead atoms. The van der Waals surface area contributed by atoms with E-state index in [4.69, 9.17) is 23.7 Å². The van der Waals surface area contributed by atoms with Crippen LogP contribution in [0.15, 0.2) is 41.3 Å². The summed E-state index contributed by atoms with van der Waals surface area (Å²) in [6.07, 6.45) is 5.02. The molecule has 0 radical (unpaired) electrons. The molecule has 1 aromatic carbocycles. The number of hydrogen-bond acceptors (Lipinski definition) is 12. The lowest BCUT2D eigenvalue weighted by Crippen LogP contribution is -2.66. The van der Waals surface area contributed by atoms with Crippen molar-refractivity contribution in [2.75, 3.05) is 0 Å². The molecule has 372 valence electrons. The number of hydrogen-bond donors (Lipinski definition) is 5. The van der Waals surface area contributed by atoms with Gasteiger partial charge in [-0.05, 0) is 109 Å². The van der Waals surface area contributed by atoms with Gasteiger partial charge in [0.15, 0.2) is 11.6 Å². The molecule has 5 aliphatic rings. The van der Waals surface area contributed by atoms with Gasteiger partial charge in [0.05, 0.1) is 58.6 Å². The van der Waals surface area contributed by atoms with Crippen LogP contribution in [-0.4, -0.2) is 107 Å². The fraction of sp³-hybridized carbons (Fsp3) is 0.780. The molecule has 4 fully saturated rings. The minimum atomic E-state index is -4.24. The van der Waals surface area contributed by atoms with Crippen LogP contribution in [0, 0.1) is 48.3 Å². The van der Waals surface area contributed by atoms with Crippen molar-refractivity contribution in [3.05, 3.63) is 42.0 Å². The van der Waals surface area contributed by atoms with Gasteiger partial charge in [-0.1, -0.05) is 79.2 Å². The predicted molar refractivity (Wildman–Crippen MR) is 246 cm³/mol. The normalized spacial score (nSPS) is 39.4. The molecule has 16 heteroatoms. The fourth-order valence-electron chi connectivity index (χ4n) is 11.7. The number of carboxylic acid groups (broad SMARTS) is 1. The van der Waals surface area contributed by atoms with E-state index in [0.717, 1.165) is 12.0 Å². The molecule has 66 heavy (non-hydrogen) atoms. The zero-order valence-electron chi connectivity index (χ0n) is 41.0. The van der Waals surface area contributed by atoms with E-state index in [1.165, 1.54) is 12.1 Å². The van der Waals surface area contributed by atoms with Gasteiger partial charge in [0.25, 0.3) is 10.0 Å². The van der Waals surface area contributed by atoms with Gasteiger partial charge in [-0.15, -0.1) is 0 Å². The number of benzene rings is 1. The maximum absolute atomic E-state index is 14.7. The van der Waals surface area contributed by atoms with Crippen molar-refractivity contribution >= 4 is 27.8 Å². The number of aliphatic hydroxyl groups excluding tert-OH is 1. The topological polar surface area (TPSA) is 216 Å². The number of ether oxygens (including phenoxy) is 5. The van der Waals surface area contributed by atoms with E-state index in [-0.39, 0.29) is 34.9 Å². The third-order valence-electron chi connectivity index (χ3n) is 16.3. The second kappa shape index (κ2) is 20.2. The number of aliphatic hydroxyl groups is 2. The summed E-state index contributed by atoms with van der Waals surface area (Å²) in [6, 6.07) is 4.18. The summed E-state index contributed by atoms with van der Waals surface area (Å²) in [6.45, 7) is 21.0. The Kier molecular flexibility index (Phi) is 16.0. The first-order valence-corrected chi connectivity index (χ1v) is 26.0. The van der Waals surface area contributed by atoms with E-state index >= 15 is 0 Å². The first-order chi connectivity index (χ1) is 30.9. The molecule has 0 unspecified atom stereocenters. The third kappa shape index (κ3) is 10.3.